The Hall–Kier alpha value is -2.09. The summed E-state index contributed by atoms with van der Waals surface area (Å²) in [5.41, 5.74) is 0.820. The monoisotopic (exact) mass is 337 g/mol. The van der Waals surface area contributed by atoms with Crippen LogP contribution in [0.2, 0.25) is 0 Å². The summed E-state index contributed by atoms with van der Waals surface area (Å²) in [6.07, 6.45) is 4.60. The third-order valence-electron chi connectivity index (χ3n) is 3.75. The molecule has 1 fully saturated rings. The summed E-state index contributed by atoms with van der Waals surface area (Å²) < 4.78 is 10.7. The van der Waals surface area contributed by atoms with Crippen LogP contribution >= 0.6 is 0 Å². The Morgan fingerprint density at radius 1 is 1.42 bits per heavy atom. The van der Waals surface area contributed by atoms with E-state index in [0.717, 1.165) is 31.5 Å². The Labute approximate surface area is 142 Å². The number of amides is 1. The number of morpholine rings is 1. The second kappa shape index (κ2) is 9.92. The van der Waals surface area contributed by atoms with Gasteiger partial charge in [-0.2, -0.15) is 4.98 Å². The molecule has 2 rings (SSSR count). The fourth-order valence-corrected chi connectivity index (χ4v) is 2.32. The molecule has 0 spiro atoms. The number of carbonyl (C=O) groups is 1. The fraction of sp³-hybridized carbons (Fsp3) is 0.688. The molecule has 2 N–H and O–H groups in total. The third-order valence-corrected chi connectivity index (χ3v) is 3.75. The molecule has 1 amide bonds. The van der Waals surface area contributed by atoms with Gasteiger partial charge in [-0.15, -0.1) is 0 Å². The molecule has 2 heterocycles. The smallest absolute Gasteiger partial charge is 0.318 e. The van der Waals surface area contributed by atoms with Crippen LogP contribution in [0.4, 0.5) is 11.5 Å². The van der Waals surface area contributed by atoms with Crippen molar-refractivity contribution in [3.8, 4) is 6.01 Å². The predicted molar refractivity (Wildman–Crippen MR) is 92.5 cm³/mol. The standard InChI is InChI=1S/C16H27N5O3/c1-3-4-9-24-16-19-11-13(17-2)15(20-16)18-6-5-7-21-8-10-23-12-14(21)22/h11,17H,3-10,12H2,1-2H3,(H,18,19,20). The van der Waals surface area contributed by atoms with Crippen LogP contribution in [-0.4, -0.2) is 67.3 Å². The maximum absolute atomic E-state index is 11.7. The SMILES string of the molecule is CCCCOc1ncc(NC)c(NCCCN2CCOCC2=O)n1. The van der Waals surface area contributed by atoms with Crippen LogP contribution in [0, 0.1) is 0 Å². The Morgan fingerprint density at radius 2 is 2.29 bits per heavy atom. The second-order valence-corrected chi connectivity index (χ2v) is 5.58. The zero-order chi connectivity index (χ0) is 17.2. The second-order valence-electron chi connectivity index (χ2n) is 5.58. The first-order valence-electron chi connectivity index (χ1n) is 8.51. The number of hydrogen-bond acceptors (Lipinski definition) is 7. The first kappa shape index (κ1) is 18.3. The molecule has 1 aliphatic rings. The van der Waals surface area contributed by atoms with Crippen LogP contribution < -0.4 is 15.4 Å². The highest BCUT2D eigenvalue weighted by atomic mass is 16.5. The van der Waals surface area contributed by atoms with Gasteiger partial charge < -0.3 is 25.0 Å². The van der Waals surface area contributed by atoms with Gasteiger partial charge in [-0.05, 0) is 12.8 Å². The molecule has 1 saturated heterocycles. The number of carbonyl (C=O) groups excluding carboxylic acids is 1. The Morgan fingerprint density at radius 3 is 3.04 bits per heavy atom. The van der Waals surface area contributed by atoms with E-state index in [1.54, 1.807) is 6.20 Å². The van der Waals surface area contributed by atoms with E-state index in [2.05, 4.69) is 27.5 Å². The van der Waals surface area contributed by atoms with Crippen molar-refractivity contribution in [3.05, 3.63) is 6.20 Å². The van der Waals surface area contributed by atoms with Gasteiger partial charge in [0, 0.05) is 26.7 Å². The normalized spacial score (nSPS) is 14.6. The lowest BCUT2D eigenvalue weighted by Crippen LogP contribution is -2.42. The van der Waals surface area contributed by atoms with Gasteiger partial charge in [-0.3, -0.25) is 4.79 Å². The van der Waals surface area contributed by atoms with E-state index in [1.165, 1.54) is 0 Å². The third kappa shape index (κ3) is 5.52. The van der Waals surface area contributed by atoms with Crippen LogP contribution in [0.15, 0.2) is 6.20 Å². The lowest BCUT2D eigenvalue weighted by molar-refractivity contribution is -0.142. The molecule has 0 saturated carbocycles. The van der Waals surface area contributed by atoms with Crippen molar-refractivity contribution in [1.82, 2.24) is 14.9 Å². The van der Waals surface area contributed by atoms with Crippen LogP contribution in [0.5, 0.6) is 6.01 Å². The Bertz CT molecular complexity index is 526. The summed E-state index contributed by atoms with van der Waals surface area (Å²) >= 11 is 0. The lowest BCUT2D eigenvalue weighted by atomic mass is 10.3. The quantitative estimate of drug-likeness (QED) is 0.623. The van der Waals surface area contributed by atoms with Crippen molar-refractivity contribution >= 4 is 17.4 Å². The molecule has 0 aromatic carbocycles. The van der Waals surface area contributed by atoms with Gasteiger partial charge >= 0.3 is 6.01 Å². The molecular weight excluding hydrogens is 310 g/mol. The molecular formula is C16H27N5O3. The van der Waals surface area contributed by atoms with E-state index >= 15 is 0 Å². The van der Waals surface area contributed by atoms with E-state index in [0.29, 0.717) is 38.1 Å². The first-order valence-corrected chi connectivity index (χ1v) is 8.51. The van der Waals surface area contributed by atoms with Gasteiger partial charge in [0.25, 0.3) is 0 Å². The van der Waals surface area contributed by atoms with E-state index in [4.69, 9.17) is 9.47 Å². The Kier molecular flexibility index (Phi) is 7.54. The highest BCUT2D eigenvalue weighted by Gasteiger charge is 2.17. The number of unbranched alkanes of at least 4 members (excludes halogenated alkanes) is 1. The summed E-state index contributed by atoms with van der Waals surface area (Å²) in [5.74, 6) is 0.776. The maximum atomic E-state index is 11.7. The van der Waals surface area contributed by atoms with E-state index in [1.807, 2.05) is 11.9 Å². The number of hydrogen-bond donors (Lipinski definition) is 2. The van der Waals surface area contributed by atoms with Crippen molar-refractivity contribution in [3.63, 3.8) is 0 Å². The number of aromatic nitrogens is 2. The van der Waals surface area contributed by atoms with Gasteiger partial charge in [0.2, 0.25) is 5.91 Å². The van der Waals surface area contributed by atoms with Crippen LogP contribution in [0.1, 0.15) is 26.2 Å². The lowest BCUT2D eigenvalue weighted by Gasteiger charge is -2.26. The molecule has 8 heteroatoms. The summed E-state index contributed by atoms with van der Waals surface area (Å²) in [4.78, 5) is 22.1. The summed E-state index contributed by atoms with van der Waals surface area (Å²) in [6, 6.07) is 0.383. The van der Waals surface area contributed by atoms with Crippen molar-refractivity contribution in [1.29, 1.82) is 0 Å². The molecule has 134 valence electrons. The molecule has 0 radical (unpaired) electrons. The molecule has 24 heavy (non-hydrogen) atoms. The molecule has 1 aliphatic heterocycles. The zero-order valence-electron chi connectivity index (χ0n) is 14.5. The van der Waals surface area contributed by atoms with Crippen molar-refractivity contribution in [2.45, 2.75) is 26.2 Å². The molecule has 1 aromatic rings. The van der Waals surface area contributed by atoms with Gasteiger partial charge in [0.15, 0.2) is 5.82 Å². The molecule has 8 nitrogen and oxygen atoms in total. The van der Waals surface area contributed by atoms with Crippen LogP contribution in [0.3, 0.4) is 0 Å². The van der Waals surface area contributed by atoms with Crippen LogP contribution in [0.25, 0.3) is 0 Å². The molecule has 0 atom stereocenters. The molecule has 0 unspecified atom stereocenters. The molecule has 1 aromatic heterocycles. The number of nitrogens with zero attached hydrogens (tertiary/aromatic N) is 3. The molecule has 0 bridgehead atoms. The minimum atomic E-state index is 0.0609. The first-order chi connectivity index (χ1) is 11.7. The van der Waals surface area contributed by atoms with Crippen molar-refractivity contribution < 1.29 is 14.3 Å². The summed E-state index contributed by atoms with van der Waals surface area (Å²) in [6.45, 7) is 5.65. The van der Waals surface area contributed by atoms with Gasteiger partial charge in [0.1, 0.15) is 6.61 Å². The summed E-state index contributed by atoms with van der Waals surface area (Å²) in [5, 5.41) is 6.35. The average molecular weight is 337 g/mol. The minimum Gasteiger partial charge on any atom is -0.463 e. The fourth-order valence-electron chi connectivity index (χ4n) is 2.32. The topological polar surface area (TPSA) is 88.6 Å². The van der Waals surface area contributed by atoms with Crippen LogP contribution in [-0.2, 0) is 9.53 Å². The number of rotatable bonds is 10. The Balaban J connectivity index is 1.81. The summed E-state index contributed by atoms with van der Waals surface area (Å²) in [7, 11) is 1.83. The zero-order valence-corrected chi connectivity index (χ0v) is 14.5. The van der Waals surface area contributed by atoms with E-state index < -0.39 is 0 Å². The predicted octanol–water partition coefficient (Wildman–Crippen LogP) is 1.36. The number of ether oxygens (including phenoxy) is 2. The maximum Gasteiger partial charge on any atom is 0.318 e. The number of anilines is 2. The van der Waals surface area contributed by atoms with Crippen molar-refractivity contribution in [2.24, 2.45) is 0 Å². The van der Waals surface area contributed by atoms with Gasteiger partial charge in [-0.25, -0.2) is 4.98 Å². The highest BCUT2D eigenvalue weighted by Crippen LogP contribution is 2.20. The molecule has 0 aliphatic carbocycles. The van der Waals surface area contributed by atoms with E-state index in [-0.39, 0.29) is 12.5 Å². The number of nitrogens with one attached hydrogen (secondary N) is 2. The minimum absolute atomic E-state index is 0.0609. The van der Waals surface area contributed by atoms with E-state index in [9.17, 15) is 4.79 Å². The average Bonchev–Trinajstić information content (AvgIpc) is 2.60. The van der Waals surface area contributed by atoms with Crippen molar-refractivity contribution in [2.75, 3.05) is 57.1 Å². The van der Waals surface area contributed by atoms with Gasteiger partial charge in [-0.1, -0.05) is 13.3 Å². The largest absolute Gasteiger partial charge is 0.463 e. The highest BCUT2D eigenvalue weighted by molar-refractivity contribution is 5.77. The van der Waals surface area contributed by atoms with Gasteiger partial charge in [0.05, 0.1) is 25.1 Å².